The van der Waals surface area contributed by atoms with E-state index in [1.54, 1.807) is 11.6 Å². The van der Waals surface area contributed by atoms with E-state index in [-0.39, 0.29) is 24.3 Å². The molecule has 1 aliphatic rings. The van der Waals surface area contributed by atoms with Gasteiger partial charge in [0.1, 0.15) is 6.04 Å². The highest BCUT2D eigenvalue weighted by atomic mass is 32.1. The van der Waals surface area contributed by atoms with Crippen molar-refractivity contribution in [3.8, 4) is 0 Å². The smallest absolute Gasteiger partial charge is 0.248 e. The maximum atomic E-state index is 12.1. The van der Waals surface area contributed by atoms with E-state index in [4.69, 9.17) is 0 Å². The number of nitrogens with zero attached hydrogens (tertiary/aromatic N) is 2. The molecule has 20 heavy (non-hydrogen) atoms. The molecule has 1 fully saturated rings. The molecule has 2 rings (SSSR count). The highest BCUT2D eigenvalue weighted by Crippen LogP contribution is 2.20. The predicted octanol–water partition coefficient (Wildman–Crippen LogP) is 0.209. The van der Waals surface area contributed by atoms with Crippen molar-refractivity contribution in [2.24, 2.45) is 0 Å². The van der Waals surface area contributed by atoms with Crippen molar-refractivity contribution in [1.82, 2.24) is 15.2 Å². The van der Waals surface area contributed by atoms with Crippen molar-refractivity contribution in [3.05, 3.63) is 11.6 Å². The van der Waals surface area contributed by atoms with E-state index in [9.17, 15) is 14.4 Å². The molecule has 1 atom stereocenters. The number of rotatable bonds is 4. The molecule has 2 heterocycles. The van der Waals surface area contributed by atoms with Gasteiger partial charge in [-0.15, -0.1) is 11.3 Å². The Kier molecular flexibility index (Phi) is 4.67. The lowest BCUT2D eigenvalue weighted by atomic mass is 10.2. The Balaban J connectivity index is 1.94. The molecule has 1 aromatic rings. The summed E-state index contributed by atoms with van der Waals surface area (Å²) in [5.41, 5.74) is 0. The molecule has 1 unspecified atom stereocenters. The molecule has 2 N–H and O–H groups in total. The zero-order chi connectivity index (χ0) is 14.5. The third kappa shape index (κ3) is 3.53. The second kappa shape index (κ2) is 6.47. The van der Waals surface area contributed by atoms with Gasteiger partial charge >= 0.3 is 0 Å². The first-order valence-corrected chi connectivity index (χ1v) is 7.20. The number of hydrogen-bond acceptors (Lipinski definition) is 5. The van der Waals surface area contributed by atoms with Crippen LogP contribution in [-0.2, 0) is 14.4 Å². The fraction of sp³-hybridized carbons (Fsp3) is 0.500. The largest absolute Gasteiger partial charge is 0.347 e. The summed E-state index contributed by atoms with van der Waals surface area (Å²) in [6.07, 6.45) is 3.01. The Bertz CT molecular complexity index is 503. The van der Waals surface area contributed by atoms with Gasteiger partial charge in [0.05, 0.1) is 6.54 Å². The van der Waals surface area contributed by atoms with E-state index in [0.29, 0.717) is 18.1 Å². The molecule has 1 aromatic heterocycles. The van der Waals surface area contributed by atoms with Crippen LogP contribution in [0.1, 0.15) is 19.8 Å². The fourth-order valence-corrected chi connectivity index (χ4v) is 2.65. The first-order chi connectivity index (χ1) is 9.58. The molecular formula is C12H16N4O3S. The number of amides is 3. The normalized spacial score (nSPS) is 17.9. The van der Waals surface area contributed by atoms with E-state index >= 15 is 0 Å². The second-order valence-electron chi connectivity index (χ2n) is 4.48. The Morgan fingerprint density at radius 2 is 2.30 bits per heavy atom. The average molecular weight is 296 g/mol. The first kappa shape index (κ1) is 14.4. The van der Waals surface area contributed by atoms with E-state index in [2.05, 4.69) is 15.6 Å². The average Bonchev–Trinajstić information content (AvgIpc) is 3.05. The van der Waals surface area contributed by atoms with Crippen molar-refractivity contribution < 1.29 is 14.4 Å². The molecule has 1 saturated heterocycles. The van der Waals surface area contributed by atoms with Gasteiger partial charge < -0.3 is 15.5 Å². The number of anilines is 1. The zero-order valence-corrected chi connectivity index (χ0v) is 11.9. The number of carbonyl (C=O) groups is 3. The van der Waals surface area contributed by atoms with E-state index in [1.807, 2.05) is 0 Å². The maximum absolute atomic E-state index is 12.1. The minimum atomic E-state index is -0.486. The topological polar surface area (TPSA) is 91.4 Å². The summed E-state index contributed by atoms with van der Waals surface area (Å²) in [6, 6.07) is -0.486. The van der Waals surface area contributed by atoms with Gasteiger partial charge in [0, 0.05) is 25.0 Å². The van der Waals surface area contributed by atoms with Crippen LogP contribution >= 0.6 is 11.3 Å². The highest BCUT2D eigenvalue weighted by Gasteiger charge is 2.34. The first-order valence-electron chi connectivity index (χ1n) is 6.32. The van der Waals surface area contributed by atoms with Gasteiger partial charge in [0.25, 0.3) is 0 Å². The van der Waals surface area contributed by atoms with Crippen LogP contribution in [0.5, 0.6) is 0 Å². The summed E-state index contributed by atoms with van der Waals surface area (Å²) in [5.74, 6) is -0.730. The lowest BCUT2D eigenvalue weighted by Crippen LogP contribution is -2.46. The highest BCUT2D eigenvalue weighted by molar-refractivity contribution is 7.13. The van der Waals surface area contributed by atoms with Gasteiger partial charge in [-0.1, -0.05) is 0 Å². The minimum absolute atomic E-state index is 0.0731. The molecule has 1 aliphatic heterocycles. The third-order valence-electron chi connectivity index (χ3n) is 3.03. The predicted molar refractivity (Wildman–Crippen MR) is 74.2 cm³/mol. The van der Waals surface area contributed by atoms with Crippen LogP contribution in [0.25, 0.3) is 0 Å². The third-order valence-corrected chi connectivity index (χ3v) is 3.72. The van der Waals surface area contributed by atoms with Crippen LogP contribution < -0.4 is 10.6 Å². The summed E-state index contributed by atoms with van der Waals surface area (Å²) in [7, 11) is 0. The van der Waals surface area contributed by atoms with Gasteiger partial charge in [-0.25, -0.2) is 4.98 Å². The zero-order valence-electron chi connectivity index (χ0n) is 11.1. The van der Waals surface area contributed by atoms with E-state index in [1.165, 1.54) is 23.2 Å². The molecule has 0 radical (unpaired) electrons. The molecule has 0 aromatic carbocycles. The molecule has 0 aliphatic carbocycles. The van der Waals surface area contributed by atoms with Crippen LogP contribution in [0.15, 0.2) is 11.6 Å². The standard InChI is InChI=1S/C12H16N4O3S/c1-8(17)14-7-10(18)16-5-2-3-9(16)11(19)15-12-13-4-6-20-12/h4,6,9H,2-3,5,7H2,1H3,(H,14,17)(H,13,15,19). The molecule has 108 valence electrons. The summed E-state index contributed by atoms with van der Waals surface area (Å²) >= 11 is 1.33. The molecule has 7 nitrogen and oxygen atoms in total. The molecule has 0 spiro atoms. The Morgan fingerprint density at radius 1 is 1.50 bits per heavy atom. The van der Waals surface area contributed by atoms with Crippen LogP contribution in [0.2, 0.25) is 0 Å². The number of hydrogen-bond donors (Lipinski definition) is 2. The van der Waals surface area contributed by atoms with Crippen LogP contribution in [0, 0.1) is 0 Å². The SMILES string of the molecule is CC(=O)NCC(=O)N1CCCC1C(=O)Nc1nccs1. The molecule has 8 heteroatoms. The second-order valence-corrected chi connectivity index (χ2v) is 5.38. The van der Waals surface area contributed by atoms with Crippen LogP contribution in [0.4, 0.5) is 5.13 Å². The van der Waals surface area contributed by atoms with Gasteiger partial charge in [0.2, 0.25) is 17.7 Å². The van der Waals surface area contributed by atoms with Gasteiger partial charge in [0.15, 0.2) is 5.13 Å². The number of thiazole rings is 1. The summed E-state index contributed by atoms with van der Waals surface area (Å²) in [6.45, 7) is 1.81. The summed E-state index contributed by atoms with van der Waals surface area (Å²) in [4.78, 5) is 40.4. The fourth-order valence-electron chi connectivity index (χ4n) is 2.11. The molecule has 0 saturated carbocycles. The number of carbonyl (C=O) groups excluding carboxylic acids is 3. The number of nitrogens with one attached hydrogen (secondary N) is 2. The number of aromatic nitrogens is 1. The van der Waals surface area contributed by atoms with Crippen molar-refractivity contribution in [2.45, 2.75) is 25.8 Å². The van der Waals surface area contributed by atoms with E-state index < -0.39 is 6.04 Å². The van der Waals surface area contributed by atoms with E-state index in [0.717, 1.165) is 6.42 Å². The summed E-state index contributed by atoms with van der Waals surface area (Å²) in [5, 5.41) is 7.45. The van der Waals surface area contributed by atoms with Gasteiger partial charge in [-0.3, -0.25) is 14.4 Å². The Labute approximate surface area is 120 Å². The Hall–Kier alpha value is -1.96. The van der Waals surface area contributed by atoms with Crippen LogP contribution in [-0.4, -0.2) is 46.7 Å². The molecular weight excluding hydrogens is 280 g/mol. The summed E-state index contributed by atoms with van der Waals surface area (Å²) < 4.78 is 0. The number of likely N-dealkylation sites (tertiary alicyclic amines) is 1. The van der Waals surface area contributed by atoms with Gasteiger partial charge in [-0.05, 0) is 12.8 Å². The lowest BCUT2D eigenvalue weighted by Gasteiger charge is -2.23. The Morgan fingerprint density at radius 3 is 2.95 bits per heavy atom. The monoisotopic (exact) mass is 296 g/mol. The quantitative estimate of drug-likeness (QED) is 0.831. The van der Waals surface area contributed by atoms with Crippen LogP contribution in [0.3, 0.4) is 0 Å². The maximum Gasteiger partial charge on any atom is 0.248 e. The van der Waals surface area contributed by atoms with Gasteiger partial charge in [-0.2, -0.15) is 0 Å². The van der Waals surface area contributed by atoms with Crippen molar-refractivity contribution >= 4 is 34.2 Å². The van der Waals surface area contributed by atoms with Crippen molar-refractivity contribution in [3.63, 3.8) is 0 Å². The van der Waals surface area contributed by atoms with Crippen molar-refractivity contribution in [1.29, 1.82) is 0 Å². The minimum Gasteiger partial charge on any atom is -0.347 e. The molecule has 3 amide bonds. The lowest BCUT2D eigenvalue weighted by molar-refractivity contribution is -0.136. The van der Waals surface area contributed by atoms with Crippen molar-refractivity contribution in [2.75, 3.05) is 18.4 Å². The molecule has 0 bridgehead atoms.